The summed E-state index contributed by atoms with van der Waals surface area (Å²) in [5.41, 5.74) is 0.295. The van der Waals surface area contributed by atoms with Crippen molar-refractivity contribution in [1.82, 2.24) is 0 Å². The highest BCUT2D eigenvalue weighted by Gasteiger charge is 2.27. The summed E-state index contributed by atoms with van der Waals surface area (Å²) in [6.45, 7) is 3.54. The summed E-state index contributed by atoms with van der Waals surface area (Å²) >= 11 is 0. The second-order valence-electron chi connectivity index (χ2n) is 3.74. The van der Waals surface area contributed by atoms with Crippen molar-refractivity contribution in [3.63, 3.8) is 0 Å². The zero-order valence-electron chi connectivity index (χ0n) is 11.3. The highest BCUT2D eigenvalue weighted by atomic mass is 19.1. The van der Waals surface area contributed by atoms with Crippen LogP contribution in [0.25, 0.3) is 0 Å². The summed E-state index contributed by atoms with van der Waals surface area (Å²) in [6, 6.07) is 5.48. The third kappa shape index (κ3) is 4.79. The molecule has 0 aliphatic rings. The number of rotatable bonds is 6. The fourth-order valence-corrected chi connectivity index (χ4v) is 1.40. The van der Waals surface area contributed by atoms with Crippen molar-refractivity contribution in [2.24, 2.45) is 10.9 Å². The average Bonchev–Trinajstić information content (AvgIpc) is 2.39. The standard InChI is InChI=1S/C14H16FNO4/c1-3-19-13(17)12(14(18)20-4-2)9-16-11-7-5-6-10(15)8-11/h5-9,12H,3-4H2,1-2H3. The second-order valence-corrected chi connectivity index (χ2v) is 3.74. The summed E-state index contributed by atoms with van der Waals surface area (Å²) in [7, 11) is 0. The molecule has 0 aliphatic carbocycles. The Bertz CT molecular complexity index is 484. The quantitative estimate of drug-likeness (QED) is 0.456. The van der Waals surface area contributed by atoms with Gasteiger partial charge < -0.3 is 9.47 Å². The van der Waals surface area contributed by atoms with E-state index in [-0.39, 0.29) is 13.2 Å². The number of halogens is 1. The van der Waals surface area contributed by atoms with Gasteiger partial charge in [0, 0.05) is 6.21 Å². The smallest absolute Gasteiger partial charge is 0.325 e. The largest absolute Gasteiger partial charge is 0.465 e. The van der Waals surface area contributed by atoms with Crippen molar-refractivity contribution in [3.05, 3.63) is 30.1 Å². The maximum atomic E-state index is 13.0. The highest BCUT2D eigenvalue weighted by molar-refractivity contribution is 6.09. The molecule has 0 saturated heterocycles. The molecule has 0 N–H and O–H groups in total. The Labute approximate surface area is 116 Å². The van der Waals surface area contributed by atoms with Gasteiger partial charge in [0.2, 0.25) is 0 Å². The first-order valence-corrected chi connectivity index (χ1v) is 6.21. The van der Waals surface area contributed by atoms with E-state index in [2.05, 4.69) is 4.99 Å². The van der Waals surface area contributed by atoms with Crippen LogP contribution >= 0.6 is 0 Å². The number of aliphatic imine (C=N–C) groups is 1. The molecule has 0 heterocycles. The third-order valence-corrected chi connectivity index (χ3v) is 2.26. The number of carbonyl (C=O) groups is 2. The molecule has 5 nitrogen and oxygen atoms in total. The van der Waals surface area contributed by atoms with Crippen LogP contribution in [0.15, 0.2) is 29.3 Å². The summed E-state index contributed by atoms with van der Waals surface area (Å²) in [6.07, 6.45) is 1.10. The van der Waals surface area contributed by atoms with Crippen LogP contribution in [0.3, 0.4) is 0 Å². The Hall–Kier alpha value is -2.24. The van der Waals surface area contributed by atoms with Crippen LogP contribution in [0.5, 0.6) is 0 Å². The van der Waals surface area contributed by atoms with E-state index in [0.29, 0.717) is 5.69 Å². The fourth-order valence-electron chi connectivity index (χ4n) is 1.40. The van der Waals surface area contributed by atoms with E-state index in [0.717, 1.165) is 6.21 Å². The number of hydrogen-bond donors (Lipinski definition) is 0. The molecule has 0 radical (unpaired) electrons. The first kappa shape index (κ1) is 15.8. The molecule has 1 aromatic rings. The third-order valence-electron chi connectivity index (χ3n) is 2.26. The first-order chi connectivity index (χ1) is 9.58. The van der Waals surface area contributed by atoms with Gasteiger partial charge in [0.25, 0.3) is 0 Å². The van der Waals surface area contributed by atoms with Gasteiger partial charge >= 0.3 is 11.9 Å². The molecule has 1 aromatic carbocycles. The van der Waals surface area contributed by atoms with Gasteiger partial charge in [-0.25, -0.2) is 4.39 Å². The molecule has 0 bridgehead atoms. The number of benzene rings is 1. The van der Waals surface area contributed by atoms with Crippen molar-refractivity contribution >= 4 is 23.8 Å². The Morgan fingerprint density at radius 1 is 1.25 bits per heavy atom. The van der Waals surface area contributed by atoms with E-state index in [1.54, 1.807) is 19.9 Å². The van der Waals surface area contributed by atoms with Crippen molar-refractivity contribution < 1.29 is 23.5 Å². The number of nitrogens with zero attached hydrogens (tertiary/aromatic N) is 1. The van der Waals surface area contributed by atoms with E-state index >= 15 is 0 Å². The molecule has 0 aliphatic heterocycles. The lowest BCUT2D eigenvalue weighted by Gasteiger charge is -2.09. The Morgan fingerprint density at radius 2 is 1.85 bits per heavy atom. The molecule has 0 saturated carbocycles. The second kappa shape index (κ2) is 8.04. The molecule has 108 valence electrons. The number of carbonyl (C=O) groups excluding carboxylic acids is 2. The van der Waals surface area contributed by atoms with Gasteiger partial charge in [-0.15, -0.1) is 0 Å². The molecule has 1 rings (SSSR count). The van der Waals surface area contributed by atoms with Crippen LogP contribution in [0.4, 0.5) is 10.1 Å². The van der Waals surface area contributed by atoms with E-state index in [1.165, 1.54) is 18.2 Å². The highest BCUT2D eigenvalue weighted by Crippen LogP contribution is 2.13. The minimum atomic E-state index is -1.25. The Kier molecular flexibility index (Phi) is 6.36. The molecular weight excluding hydrogens is 265 g/mol. The maximum Gasteiger partial charge on any atom is 0.325 e. The van der Waals surface area contributed by atoms with E-state index in [4.69, 9.17) is 9.47 Å². The summed E-state index contributed by atoms with van der Waals surface area (Å²) < 4.78 is 22.6. The molecule has 0 fully saturated rings. The minimum Gasteiger partial charge on any atom is -0.465 e. The Morgan fingerprint density at radius 3 is 2.35 bits per heavy atom. The topological polar surface area (TPSA) is 65.0 Å². The summed E-state index contributed by atoms with van der Waals surface area (Å²) in [4.78, 5) is 27.2. The molecule has 20 heavy (non-hydrogen) atoms. The van der Waals surface area contributed by atoms with Crippen molar-refractivity contribution in [2.45, 2.75) is 13.8 Å². The van der Waals surface area contributed by atoms with Crippen molar-refractivity contribution in [3.8, 4) is 0 Å². The van der Waals surface area contributed by atoms with Gasteiger partial charge in [-0.1, -0.05) is 6.07 Å². The van der Waals surface area contributed by atoms with E-state index in [9.17, 15) is 14.0 Å². The molecule has 0 spiro atoms. The van der Waals surface area contributed by atoms with Crippen LogP contribution in [0.2, 0.25) is 0 Å². The first-order valence-electron chi connectivity index (χ1n) is 6.21. The maximum absolute atomic E-state index is 13.0. The lowest BCUT2D eigenvalue weighted by atomic mass is 10.1. The van der Waals surface area contributed by atoms with Gasteiger partial charge in [-0.3, -0.25) is 14.6 Å². The Balaban J connectivity index is 2.88. The SMILES string of the molecule is CCOC(=O)C(C=Nc1cccc(F)c1)C(=O)OCC. The van der Waals surface area contributed by atoms with Gasteiger partial charge in [-0.2, -0.15) is 0 Å². The summed E-state index contributed by atoms with van der Waals surface area (Å²) in [5.74, 6) is -3.20. The molecule has 0 atom stereocenters. The van der Waals surface area contributed by atoms with Gasteiger partial charge in [0.05, 0.1) is 18.9 Å². The fraction of sp³-hybridized carbons (Fsp3) is 0.357. The van der Waals surface area contributed by atoms with Crippen molar-refractivity contribution in [2.75, 3.05) is 13.2 Å². The monoisotopic (exact) mass is 281 g/mol. The predicted octanol–water partition coefficient (Wildman–Crippen LogP) is 2.27. The van der Waals surface area contributed by atoms with Crippen LogP contribution in [0, 0.1) is 11.7 Å². The molecular formula is C14H16FNO4. The van der Waals surface area contributed by atoms with Crippen molar-refractivity contribution in [1.29, 1.82) is 0 Å². The normalized spacial score (nSPS) is 10.8. The van der Waals surface area contributed by atoms with E-state index in [1.807, 2.05) is 0 Å². The molecule has 0 amide bonds. The van der Waals surface area contributed by atoms with Gasteiger partial charge in [0.15, 0.2) is 5.92 Å². The van der Waals surface area contributed by atoms with Crippen LogP contribution < -0.4 is 0 Å². The van der Waals surface area contributed by atoms with E-state index < -0.39 is 23.7 Å². The molecule has 6 heteroatoms. The van der Waals surface area contributed by atoms with Crippen LogP contribution in [-0.4, -0.2) is 31.4 Å². The zero-order chi connectivity index (χ0) is 15.0. The van der Waals surface area contributed by atoms with Gasteiger partial charge in [-0.05, 0) is 32.0 Å². The van der Waals surface area contributed by atoms with Crippen LogP contribution in [0.1, 0.15) is 13.8 Å². The lowest BCUT2D eigenvalue weighted by Crippen LogP contribution is -2.29. The number of esters is 2. The molecule has 0 aromatic heterocycles. The van der Waals surface area contributed by atoms with Crippen LogP contribution in [-0.2, 0) is 19.1 Å². The summed E-state index contributed by atoms with van der Waals surface area (Å²) in [5, 5.41) is 0. The zero-order valence-corrected chi connectivity index (χ0v) is 11.3. The number of hydrogen-bond acceptors (Lipinski definition) is 5. The molecule has 0 unspecified atom stereocenters. The average molecular weight is 281 g/mol. The lowest BCUT2D eigenvalue weighted by molar-refractivity contribution is -0.157. The number of ether oxygens (including phenoxy) is 2. The minimum absolute atomic E-state index is 0.141. The van der Waals surface area contributed by atoms with Gasteiger partial charge in [0.1, 0.15) is 5.82 Å². The predicted molar refractivity (Wildman–Crippen MR) is 71.3 cm³/mol.